The molecule has 1 aromatic rings. The number of nitrogens with two attached hydrogens (primary N) is 1. The van der Waals surface area contributed by atoms with E-state index in [9.17, 15) is 8.78 Å². The van der Waals surface area contributed by atoms with Gasteiger partial charge >= 0.3 is 0 Å². The summed E-state index contributed by atoms with van der Waals surface area (Å²) >= 11 is 1.27. The Balaban J connectivity index is 2.52. The van der Waals surface area contributed by atoms with E-state index in [1.54, 1.807) is 18.2 Å². The lowest BCUT2D eigenvalue weighted by atomic mass is 10.1. The van der Waals surface area contributed by atoms with Gasteiger partial charge in [0.15, 0.2) is 0 Å². The SMILES string of the molecule is CC(CCN)SCC(F)(F)c1ccccc1. The highest BCUT2D eigenvalue weighted by Crippen LogP contribution is 2.33. The molecule has 0 aliphatic carbocycles. The van der Waals surface area contributed by atoms with Crippen molar-refractivity contribution in [2.45, 2.75) is 24.5 Å². The molecule has 1 unspecified atom stereocenters. The first kappa shape index (κ1) is 13.5. The second-order valence-electron chi connectivity index (χ2n) is 3.77. The van der Waals surface area contributed by atoms with Gasteiger partial charge in [-0.3, -0.25) is 0 Å². The van der Waals surface area contributed by atoms with E-state index in [0.717, 1.165) is 6.42 Å². The average molecular weight is 245 g/mol. The number of thioether (sulfide) groups is 1. The minimum atomic E-state index is -2.76. The summed E-state index contributed by atoms with van der Waals surface area (Å²) in [6, 6.07) is 7.94. The van der Waals surface area contributed by atoms with E-state index in [4.69, 9.17) is 5.73 Å². The number of hydrogen-bond acceptors (Lipinski definition) is 2. The van der Waals surface area contributed by atoms with Gasteiger partial charge in [0.2, 0.25) is 0 Å². The molecular weight excluding hydrogens is 228 g/mol. The van der Waals surface area contributed by atoms with Crippen LogP contribution in [0.25, 0.3) is 0 Å². The summed E-state index contributed by atoms with van der Waals surface area (Å²) < 4.78 is 27.4. The van der Waals surface area contributed by atoms with Crippen LogP contribution in [0.1, 0.15) is 18.9 Å². The van der Waals surface area contributed by atoms with Crippen molar-refractivity contribution in [3.63, 3.8) is 0 Å². The van der Waals surface area contributed by atoms with Gasteiger partial charge in [-0.2, -0.15) is 11.8 Å². The maximum atomic E-state index is 13.7. The Morgan fingerprint density at radius 3 is 2.50 bits per heavy atom. The fraction of sp³-hybridized carbons (Fsp3) is 0.500. The highest BCUT2D eigenvalue weighted by Gasteiger charge is 2.31. The van der Waals surface area contributed by atoms with Crippen molar-refractivity contribution >= 4 is 11.8 Å². The van der Waals surface area contributed by atoms with Gasteiger partial charge < -0.3 is 5.73 Å². The molecule has 0 aromatic heterocycles. The fourth-order valence-corrected chi connectivity index (χ4v) is 2.29. The number of alkyl halides is 2. The van der Waals surface area contributed by atoms with Crippen LogP contribution in [-0.4, -0.2) is 17.5 Å². The van der Waals surface area contributed by atoms with E-state index < -0.39 is 5.92 Å². The van der Waals surface area contributed by atoms with E-state index in [1.807, 2.05) is 6.92 Å². The third-order valence-corrected chi connectivity index (χ3v) is 3.65. The molecule has 90 valence electrons. The van der Waals surface area contributed by atoms with Gasteiger partial charge in [-0.25, -0.2) is 8.78 Å². The second-order valence-corrected chi connectivity index (χ2v) is 5.20. The van der Waals surface area contributed by atoms with Crippen molar-refractivity contribution in [1.82, 2.24) is 0 Å². The quantitative estimate of drug-likeness (QED) is 0.832. The molecule has 16 heavy (non-hydrogen) atoms. The fourth-order valence-electron chi connectivity index (χ4n) is 1.33. The van der Waals surface area contributed by atoms with Gasteiger partial charge in [0.1, 0.15) is 0 Å². The first-order chi connectivity index (χ1) is 7.56. The monoisotopic (exact) mass is 245 g/mol. The van der Waals surface area contributed by atoms with Gasteiger partial charge in [-0.05, 0) is 13.0 Å². The van der Waals surface area contributed by atoms with Crippen molar-refractivity contribution in [2.75, 3.05) is 12.3 Å². The Bertz CT molecular complexity index is 303. The average Bonchev–Trinajstić information content (AvgIpc) is 2.28. The molecule has 1 nitrogen and oxygen atoms in total. The molecule has 0 saturated carbocycles. The van der Waals surface area contributed by atoms with Gasteiger partial charge in [-0.15, -0.1) is 0 Å². The van der Waals surface area contributed by atoms with Gasteiger partial charge in [0, 0.05) is 10.8 Å². The van der Waals surface area contributed by atoms with E-state index in [2.05, 4.69) is 0 Å². The zero-order valence-corrected chi connectivity index (χ0v) is 10.1. The minimum absolute atomic E-state index is 0.0856. The highest BCUT2D eigenvalue weighted by molar-refractivity contribution is 7.99. The van der Waals surface area contributed by atoms with Crippen molar-refractivity contribution in [3.8, 4) is 0 Å². The molecule has 2 N–H and O–H groups in total. The summed E-state index contributed by atoms with van der Waals surface area (Å²) in [6.45, 7) is 2.48. The number of halogens is 2. The van der Waals surface area contributed by atoms with Crippen molar-refractivity contribution < 1.29 is 8.78 Å². The zero-order valence-electron chi connectivity index (χ0n) is 9.33. The Morgan fingerprint density at radius 1 is 1.31 bits per heavy atom. The summed E-state index contributed by atoms with van der Waals surface area (Å²) in [5.74, 6) is -2.94. The minimum Gasteiger partial charge on any atom is -0.330 e. The van der Waals surface area contributed by atoms with Gasteiger partial charge in [0.05, 0.1) is 5.75 Å². The van der Waals surface area contributed by atoms with Crippen LogP contribution in [0.5, 0.6) is 0 Å². The highest BCUT2D eigenvalue weighted by atomic mass is 32.2. The molecule has 4 heteroatoms. The first-order valence-corrected chi connectivity index (χ1v) is 6.36. The lowest BCUT2D eigenvalue weighted by Crippen LogP contribution is -2.19. The summed E-state index contributed by atoms with van der Waals surface area (Å²) in [7, 11) is 0. The van der Waals surface area contributed by atoms with Crippen LogP contribution in [0.2, 0.25) is 0 Å². The molecule has 0 spiro atoms. The number of benzene rings is 1. The van der Waals surface area contributed by atoms with Crippen molar-refractivity contribution in [3.05, 3.63) is 35.9 Å². The Kier molecular flexibility index (Phi) is 5.22. The van der Waals surface area contributed by atoms with Crippen LogP contribution in [0.4, 0.5) is 8.78 Å². The predicted molar refractivity (Wildman–Crippen MR) is 65.9 cm³/mol. The lowest BCUT2D eigenvalue weighted by molar-refractivity contribution is 0.0230. The normalized spacial score (nSPS) is 13.8. The maximum absolute atomic E-state index is 13.7. The molecule has 1 rings (SSSR count). The molecule has 0 heterocycles. The zero-order chi connectivity index (χ0) is 12.0. The largest absolute Gasteiger partial charge is 0.330 e. The molecule has 0 bridgehead atoms. The molecule has 0 radical (unpaired) electrons. The number of hydrogen-bond donors (Lipinski definition) is 1. The third-order valence-electron chi connectivity index (χ3n) is 2.32. The maximum Gasteiger partial charge on any atom is 0.282 e. The molecule has 0 saturated heterocycles. The molecule has 1 aromatic carbocycles. The van der Waals surface area contributed by atoms with Crippen molar-refractivity contribution in [1.29, 1.82) is 0 Å². The smallest absolute Gasteiger partial charge is 0.282 e. The Labute approximate surface area is 99.4 Å². The van der Waals surface area contributed by atoms with Crippen molar-refractivity contribution in [2.24, 2.45) is 5.73 Å². The standard InChI is InChI=1S/C12H17F2NS/c1-10(7-8-15)16-9-12(13,14)11-5-3-2-4-6-11/h2-6,10H,7-9,15H2,1H3. The number of rotatable bonds is 6. The van der Waals surface area contributed by atoms with Crippen LogP contribution >= 0.6 is 11.8 Å². The van der Waals surface area contributed by atoms with E-state index >= 15 is 0 Å². The van der Waals surface area contributed by atoms with E-state index in [-0.39, 0.29) is 16.6 Å². The van der Waals surface area contributed by atoms with Gasteiger partial charge in [0.25, 0.3) is 5.92 Å². The summed E-state index contributed by atoms with van der Waals surface area (Å²) in [5, 5.41) is 0.180. The van der Waals surface area contributed by atoms with E-state index in [1.165, 1.54) is 23.9 Å². The van der Waals surface area contributed by atoms with Crippen LogP contribution in [-0.2, 0) is 5.92 Å². The predicted octanol–water partition coefficient (Wildman–Crippen LogP) is 3.25. The summed E-state index contributed by atoms with van der Waals surface area (Å²) in [6.07, 6.45) is 0.773. The molecule has 0 aliphatic heterocycles. The van der Waals surface area contributed by atoms with E-state index in [0.29, 0.717) is 6.54 Å². The molecular formula is C12H17F2NS. The third kappa shape index (κ3) is 4.10. The lowest BCUT2D eigenvalue weighted by Gasteiger charge is -2.18. The summed E-state index contributed by atoms with van der Waals surface area (Å²) in [4.78, 5) is 0. The Hall–Kier alpha value is -0.610. The topological polar surface area (TPSA) is 26.0 Å². The Morgan fingerprint density at radius 2 is 1.94 bits per heavy atom. The van der Waals surface area contributed by atoms with Crippen LogP contribution < -0.4 is 5.73 Å². The molecule has 0 amide bonds. The van der Waals surface area contributed by atoms with Crippen LogP contribution in [0.3, 0.4) is 0 Å². The van der Waals surface area contributed by atoms with Crippen LogP contribution in [0.15, 0.2) is 30.3 Å². The molecule has 0 fully saturated rings. The molecule has 1 atom stereocenters. The molecule has 0 aliphatic rings. The first-order valence-electron chi connectivity index (χ1n) is 5.31. The van der Waals surface area contributed by atoms with Crippen LogP contribution in [0, 0.1) is 0 Å². The van der Waals surface area contributed by atoms with Gasteiger partial charge in [-0.1, -0.05) is 37.3 Å². The second kappa shape index (κ2) is 6.21. The summed E-state index contributed by atoms with van der Waals surface area (Å²) in [5.41, 5.74) is 5.46.